The number of nitrogens with two attached hydrogens (primary N) is 1. The average Bonchev–Trinajstić information content (AvgIpc) is 2.86. The number of aromatic amines is 1. The van der Waals surface area contributed by atoms with E-state index in [0.29, 0.717) is 29.8 Å². The molecule has 0 radical (unpaired) electrons. The summed E-state index contributed by atoms with van der Waals surface area (Å²) < 4.78 is 1.98. The molecule has 3 N–H and O–H groups in total. The van der Waals surface area contributed by atoms with Gasteiger partial charge in [0.15, 0.2) is 0 Å². The van der Waals surface area contributed by atoms with E-state index < -0.39 is 0 Å². The van der Waals surface area contributed by atoms with Gasteiger partial charge in [0.1, 0.15) is 5.82 Å². The molecular weight excluding hydrogens is 240 g/mol. The van der Waals surface area contributed by atoms with Crippen LogP contribution in [0.25, 0.3) is 10.9 Å². The summed E-state index contributed by atoms with van der Waals surface area (Å²) in [4.78, 5) is 19.2. The highest BCUT2D eigenvalue weighted by Crippen LogP contribution is 2.08. The number of hydrogen-bond acceptors (Lipinski definition) is 3. The van der Waals surface area contributed by atoms with Crippen LogP contribution in [0.15, 0.2) is 47.4 Å². The van der Waals surface area contributed by atoms with E-state index in [-0.39, 0.29) is 5.56 Å². The van der Waals surface area contributed by atoms with Crippen LogP contribution in [-0.2, 0) is 13.1 Å². The molecule has 0 amide bonds. The molecule has 0 fully saturated rings. The van der Waals surface area contributed by atoms with Crippen LogP contribution in [0.2, 0.25) is 0 Å². The van der Waals surface area contributed by atoms with Gasteiger partial charge in [0, 0.05) is 18.4 Å². The van der Waals surface area contributed by atoms with Gasteiger partial charge < -0.3 is 15.3 Å². The van der Waals surface area contributed by atoms with Gasteiger partial charge in [-0.1, -0.05) is 12.1 Å². The van der Waals surface area contributed by atoms with Gasteiger partial charge in [-0.3, -0.25) is 4.79 Å². The Morgan fingerprint density at radius 3 is 2.89 bits per heavy atom. The monoisotopic (exact) mass is 254 g/mol. The van der Waals surface area contributed by atoms with Gasteiger partial charge in [-0.25, -0.2) is 4.98 Å². The van der Waals surface area contributed by atoms with Crippen LogP contribution in [-0.4, -0.2) is 14.5 Å². The Morgan fingerprint density at radius 2 is 2.05 bits per heavy atom. The van der Waals surface area contributed by atoms with Crippen molar-refractivity contribution in [3.05, 3.63) is 64.5 Å². The standard InChI is InChI=1S/C14H14N4O/c15-8-10-4-3-7-18(10)9-13-16-12-6-2-1-5-11(12)14(19)17-13/h1-7H,8-9,15H2,(H,16,17,19). The van der Waals surface area contributed by atoms with Crippen LogP contribution in [0.1, 0.15) is 11.5 Å². The molecule has 1 aromatic carbocycles. The second kappa shape index (κ2) is 4.70. The third-order valence-corrected chi connectivity index (χ3v) is 3.11. The average molecular weight is 254 g/mol. The first-order chi connectivity index (χ1) is 9.28. The smallest absolute Gasteiger partial charge is 0.258 e. The van der Waals surface area contributed by atoms with Gasteiger partial charge >= 0.3 is 0 Å². The number of H-pyrrole nitrogens is 1. The van der Waals surface area contributed by atoms with Gasteiger partial charge in [-0.2, -0.15) is 0 Å². The van der Waals surface area contributed by atoms with E-state index in [9.17, 15) is 4.79 Å². The van der Waals surface area contributed by atoms with Crippen LogP contribution in [0.3, 0.4) is 0 Å². The quantitative estimate of drug-likeness (QED) is 0.738. The zero-order valence-corrected chi connectivity index (χ0v) is 10.3. The molecule has 0 saturated heterocycles. The van der Waals surface area contributed by atoms with Gasteiger partial charge in [0.2, 0.25) is 0 Å². The second-order valence-electron chi connectivity index (χ2n) is 4.36. The second-order valence-corrected chi connectivity index (χ2v) is 4.36. The third-order valence-electron chi connectivity index (χ3n) is 3.11. The number of benzene rings is 1. The molecule has 0 bridgehead atoms. The molecule has 0 aliphatic carbocycles. The predicted molar refractivity (Wildman–Crippen MR) is 73.8 cm³/mol. The molecule has 5 nitrogen and oxygen atoms in total. The number of nitrogens with one attached hydrogen (secondary N) is 1. The fourth-order valence-corrected chi connectivity index (χ4v) is 2.16. The normalized spacial score (nSPS) is 11.0. The van der Waals surface area contributed by atoms with E-state index in [1.54, 1.807) is 6.07 Å². The number of rotatable bonds is 3. The van der Waals surface area contributed by atoms with Crippen molar-refractivity contribution in [3.8, 4) is 0 Å². The van der Waals surface area contributed by atoms with E-state index in [2.05, 4.69) is 9.97 Å². The van der Waals surface area contributed by atoms with Gasteiger partial charge in [0.05, 0.1) is 17.4 Å². The fraction of sp³-hybridized carbons (Fsp3) is 0.143. The Bertz CT molecular complexity index is 772. The number of hydrogen-bond donors (Lipinski definition) is 2. The topological polar surface area (TPSA) is 76.7 Å². The summed E-state index contributed by atoms with van der Waals surface area (Å²) in [5.41, 5.74) is 7.27. The van der Waals surface area contributed by atoms with Crippen LogP contribution in [0.5, 0.6) is 0 Å². The Hall–Kier alpha value is -2.40. The zero-order chi connectivity index (χ0) is 13.2. The van der Waals surface area contributed by atoms with Crippen LogP contribution < -0.4 is 11.3 Å². The molecule has 2 aromatic heterocycles. The minimum absolute atomic E-state index is 0.109. The van der Waals surface area contributed by atoms with Crippen molar-refractivity contribution in [2.45, 2.75) is 13.1 Å². The van der Waals surface area contributed by atoms with Crippen molar-refractivity contribution in [1.82, 2.24) is 14.5 Å². The number of fused-ring (bicyclic) bond motifs is 1. The highest BCUT2D eigenvalue weighted by Gasteiger charge is 2.05. The van der Waals surface area contributed by atoms with E-state index >= 15 is 0 Å². The summed E-state index contributed by atoms with van der Waals surface area (Å²) in [6.45, 7) is 0.977. The van der Waals surface area contributed by atoms with E-state index in [0.717, 1.165) is 5.69 Å². The molecular formula is C14H14N4O. The third kappa shape index (κ3) is 2.15. The maximum absolute atomic E-state index is 12.0. The van der Waals surface area contributed by atoms with Gasteiger partial charge in [0.25, 0.3) is 5.56 Å². The summed E-state index contributed by atoms with van der Waals surface area (Å²) in [5, 5.41) is 0.609. The lowest BCUT2D eigenvalue weighted by Crippen LogP contribution is -2.15. The van der Waals surface area contributed by atoms with Gasteiger partial charge in [-0.15, -0.1) is 0 Å². The molecule has 5 heteroatoms. The lowest BCUT2D eigenvalue weighted by molar-refractivity contribution is 0.706. The highest BCUT2D eigenvalue weighted by atomic mass is 16.1. The molecule has 0 spiro atoms. The first-order valence-corrected chi connectivity index (χ1v) is 6.10. The molecule has 3 aromatic rings. The SMILES string of the molecule is NCc1cccn1Cc1nc2ccccc2c(=O)[nH]1. The van der Waals surface area contributed by atoms with Gasteiger partial charge in [-0.05, 0) is 24.3 Å². The summed E-state index contributed by atoms with van der Waals surface area (Å²) in [6.07, 6.45) is 1.93. The van der Waals surface area contributed by atoms with Crippen molar-refractivity contribution in [2.75, 3.05) is 0 Å². The predicted octanol–water partition coefficient (Wildman–Crippen LogP) is 1.23. The summed E-state index contributed by atoms with van der Waals surface area (Å²) in [6, 6.07) is 11.2. The largest absolute Gasteiger partial charge is 0.343 e. The number of aromatic nitrogens is 3. The molecule has 96 valence electrons. The summed E-state index contributed by atoms with van der Waals surface area (Å²) >= 11 is 0. The van der Waals surface area contributed by atoms with Crippen molar-refractivity contribution < 1.29 is 0 Å². The first-order valence-electron chi connectivity index (χ1n) is 6.10. The van der Waals surface area contributed by atoms with Crippen molar-refractivity contribution in [2.24, 2.45) is 5.73 Å². The molecule has 0 unspecified atom stereocenters. The van der Waals surface area contributed by atoms with E-state index in [4.69, 9.17) is 5.73 Å². The molecule has 3 rings (SSSR count). The van der Waals surface area contributed by atoms with Crippen molar-refractivity contribution >= 4 is 10.9 Å². The van der Waals surface area contributed by atoms with Crippen LogP contribution in [0.4, 0.5) is 0 Å². The Kier molecular flexibility index (Phi) is 2.89. The lowest BCUT2D eigenvalue weighted by Gasteiger charge is -2.07. The maximum Gasteiger partial charge on any atom is 0.258 e. The molecule has 0 saturated carbocycles. The Morgan fingerprint density at radius 1 is 1.21 bits per heavy atom. The molecule has 0 aliphatic rings. The first kappa shape index (κ1) is 11.7. The number of nitrogens with zero attached hydrogens (tertiary/aromatic N) is 2. The molecule has 19 heavy (non-hydrogen) atoms. The zero-order valence-electron chi connectivity index (χ0n) is 10.3. The van der Waals surface area contributed by atoms with Crippen molar-refractivity contribution in [1.29, 1.82) is 0 Å². The Balaban J connectivity index is 2.04. The van der Waals surface area contributed by atoms with Crippen LogP contribution in [0, 0.1) is 0 Å². The maximum atomic E-state index is 12.0. The summed E-state index contributed by atoms with van der Waals surface area (Å²) in [5.74, 6) is 0.634. The number of para-hydroxylation sites is 1. The highest BCUT2D eigenvalue weighted by molar-refractivity contribution is 5.77. The molecule has 0 atom stereocenters. The Labute approximate surface area is 109 Å². The lowest BCUT2D eigenvalue weighted by atomic mass is 10.2. The minimum Gasteiger partial charge on any atom is -0.343 e. The minimum atomic E-state index is -0.109. The van der Waals surface area contributed by atoms with E-state index in [1.807, 2.05) is 41.1 Å². The fourth-order valence-electron chi connectivity index (χ4n) is 2.16. The van der Waals surface area contributed by atoms with E-state index in [1.165, 1.54) is 0 Å². The summed E-state index contributed by atoms with van der Waals surface area (Å²) in [7, 11) is 0. The molecule has 0 aliphatic heterocycles. The van der Waals surface area contributed by atoms with Crippen LogP contribution >= 0.6 is 0 Å². The van der Waals surface area contributed by atoms with Crippen molar-refractivity contribution in [3.63, 3.8) is 0 Å². The molecule has 2 heterocycles.